The molecule has 3 N–H and O–H groups in total. The molecule has 2 fully saturated rings. The van der Waals surface area contributed by atoms with Gasteiger partial charge in [0.2, 0.25) is 0 Å². The molecule has 0 saturated carbocycles. The largest absolute Gasteiger partial charge is 0.490 e. The molecule has 2 aromatic carbocycles. The molecule has 0 aliphatic carbocycles. The van der Waals surface area contributed by atoms with Gasteiger partial charge in [0.15, 0.2) is 0 Å². The molecule has 1 amide bonds. The second-order valence-corrected chi connectivity index (χ2v) is 12.9. The van der Waals surface area contributed by atoms with E-state index in [-0.39, 0.29) is 47.3 Å². The maximum Gasteiger partial charge on any atom is 0.416 e. The minimum Gasteiger partial charge on any atom is -0.490 e. The lowest BCUT2D eigenvalue weighted by Gasteiger charge is -2.51. The van der Waals surface area contributed by atoms with E-state index >= 15 is 0 Å². The summed E-state index contributed by atoms with van der Waals surface area (Å²) in [6, 6.07) is 8.77. The smallest absolute Gasteiger partial charge is 0.416 e. The Morgan fingerprint density at radius 2 is 1.63 bits per heavy atom. The van der Waals surface area contributed by atoms with Gasteiger partial charge in [-0.05, 0) is 49.2 Å². The number of carbonyl (C=O) groups excluding carboxylic acids is 1. The fourth-order valence-electron chi connectivity index (χ4n) is 4.69. The van der Waals surface area contributed by atoms with E-state index in [0.717, 1.165) is 18.4 Å². The van der Waals surface area contributed by atoms with Gasteiger partial charge in [0.25, 0.3) is 5.91 Å². The maximum absolute atomic E-state index is 14.2. The van der Waals surface area contributed by atoms with Gasteiger partial charge in [0, 0.05) is 32.2 Å². The molecule has 2 heterocycles. The molecule has 0 bridgehead atoms. The summed E-state index contributed by atoms with van der Waals surface area (Å²) in [5, 5.41) is 9.40. The third-order valence-electron chi connectivity index (χ3n) is 6.78. The van der Waals surface area contributed by atoms with Crippen molar-refractivity contribution >= 4 is 15.4 Å². The highest BCUT2D eigenvalue weighted by Crippen LogP contribution is 2.41. The molecule has 0 spiro atoms. The molecule has 2 aliphatic heterocycles. The van der Waals surface area contributed by atoms with Crippen LogP contribution in [-0.2, 0) is 20.4 Å². The Kier molecular flexibility index (Phi) is 8.05. The van der Waals surface area contributed by atoms with Gasteiger partial charge >= 0.3 is 6.18 Å². The zero-order valence-corrected chi connectivity index (χ0v) is 21.6. The number of alkyl halides is 3. The zero-order valence-electron chi connectivity index (χ0n) is 20.8. The quantitative estimate of drug-likeness (QED) is 0.345. The first kappa shape index (κ1) is 28.3. The highest BCUT2D eigenvalue weighted by Gasteiger charge is 2.40. The van der Waals surface area contributed by atoms with Crippen molar-refractivity contribution in [3.05, 3.63) is 53.6 Å². The maximum atomic E-state index is 14.2. The standard InChI is InChI=1S/C25H31F3N2O7S/c1-38(33,34,22-4-2-3-21(23(22)24(31)29-32)37-20-11-15-35-16-12-20)30-13-9-19(10-14-30)36-18-7-5-17(6-8-18)25(26,27)28/h2-8,19-20,32H,9-16H2,1H3,(H,29,31)(H,33,34). The van der Waals surface area contributed by atoms with E-state index in [1.165, 1.54) is 34.6 Å². The van der Waals surface area contributed by atoms with E-state index in [1.807, 2.05) is 0 Å². The molecular weight excluding hydrogens is 529 g/mol. The van der Waals surface area contributed by atoms with E-state index in [1.54, 1.807) is 5.48 Å². The van der Waals surface area contributed by atoms with Gasteiger partial charge in [-0.25, -0.2) is 9.79 Å². The van der Waals surface area contributed by atoms with Crippen LogP contribution in [0.3, 0.4) is 0 Å². The number of nitrogens with one attached hydrogen (secondary N) is 1. The molecule has 0 atom stereocenters. The van der Waals surface area contributed by atoms with E-state index in [9.17, 15) is 31.9 Å². The molecule has 0 radical (unpaired) electrons. The molecule has 2 aliphatic rings. The SMILES string of the molecule is CS(=O)(O)(c1cccc(OC2CCOCC2)c1C(=O)NO)N1CCC(Oc2ccc(C(F)(F)F)cc2)CC1. The van der Waals surface area contributed by atoms with Crippen LogP contribution in [0.5, 0.6) is 11.5 Å². The number of amides is 1. The molecule has 13 heteroatoms. The van der Waals surface area contributed by atoms with Crippen molar-refractivity contribution in [1.82, 2.24) is 9.79 Å². The second kappa shape index (κ2) is 10.8. The first-order valence-corrected chi connectivity index (χ1v) is 14.5. The van der Waals surface area contributed by atoms with Gasteiger partial charge in [-0.3, -0.25) is 14.6 Å². The van der Waals surface area contributed by atoms with Crippen LogP contribution in [0.15, 0.2) is 47.4 Å². The van der Waals surface area contributed by atoms with Crippen LogP contribution in [0.1, 0.15) is 41.6 Å². The van der Waals surface area contributed by atoms with Crippen LogP contribution in [0.4, 0.5) is 13.2 Å². The summed E-state index contributed by atoms with van der Waals surface area (Å²) in [4.78, 5) is 12.5. The number of carbonyl (C=O) groups is 1. The molecule has 9 nitrogen and oxygen atoms in total. The fraction of sp³-hybridized carbons (Fsp3) is 0.480. The predicted octanol–water partition coefficient (Wildman–Crippen LogP) is 4.12. The summed E-state index contributed by atoms with van der Waals surface area (Å²) in [5.41, 5.74) is 0.546. The first-order chi connectivity index (χ1) is 17.9. The molecular formula is C25H31F3N2O7S. The first-order valence-electron chi connectivity index (χ1n) is 12.2. The lowest BCUT2D eigenvalue weighted by Crippen LogP contribution is -2.54. The highest BCUT2D eigenvalue weighted by atomic mass is 32.3. The number of hydroxylamine groups is 1. The number of hydrogen-bond acceptors (Lipinski definition) is 6. The number of piperidine rings is 1. The Balaban J connectivity index is 1.52. The van der Waals surface area contributed by atoms with Crippen LogP contribution in [0.25, 0.3) is 0 Å². The van der Waals surface area contributed by atoms with Crippen LogP contribution in [0.2, 0.25) is 0 Å². The normalized spacial score (nSPS) is 19.4. The number of halogens is 3. The number of hydrogen-bond donors (Lipinski definition) is 3. The van der Waals surface area contributed by atoms with Crippen LogP contribution >= 0.6 is 0 Å². The number of nitrogens with zero attached hydrogens (tertiary/aromatic N) is 1. The van der Waals surface area contributed by atoms with Gasteiger partial charge in [0.1, 0.15) is 29.3 Å². The molecule has 4 rings (SSSR count). The summed E-state index contributed by atoms with van der Waals surface area (Å²) in [7, 11) is -4.81. The van der Waals surface area contributed by atoms with Crippen molar-refractivity contribution in [2.45, 2.75) is 49.0 Å². The monoisotopic (exact) mass is 560 g/mol. The Bertz CT molecular complexity index is 1200. The summed E-state index contributed by atoms with van der Waals surface area (Å²) in [6.07, 6.45) is -2.12. The topological polar surface area (TPSA) is 118 Å². The Morgan fingerprint density at radius 1 is 1.03 bits per heavy atom. The van der Waals surface area contributed by atoms with Gasteiger partial charge < -0.3 is 14.2 Å². The second-order valence-electron chi connectivity index (χ2n) is 9.50. The van der Waals surface area contributed by atoms with E-state index < -0.39 is 27.2 Å². The molecule has 38 heavy (non-hydrogen) atoms. The van der Waals surface area contributed by atoms with E-state index in [2.05, 4.69) is 0 Å². The zero-order chi connectivity index (χ0) is 27.6. The summed E-state index contributed by atoms with van der Waals surface area (Å²) < 4.78 is 82.7. The van der Waals surface area contributed by atoms with Crippen molar-refractivity contribution < 1.29 is 46.1 Å². The van der Waals surface area contributed by atoms with Gasteiger partial charge in [0.05, 0.1) is 23.7 Å². The van der Waals surface area contributed by atoms with Crippen LogP contribution in [-0.4, -0.2) is 68.9 Å². The Hall–Kier alpha value is -2.71. The summed E-state index contributed by atoms with van der Waals surface area (Å²) >= 11 is 0. The molecule has 0 unspecified atom stereocenters. The Labute approximate surface area is 218 Å². The van der Waals surface area contributed by atoms with Crippen LogP contribution < -0.4 is 15.0 Å². The molecule has 2 saturated heterocycles. The predicted molar refractivity (Wildman–Crippen MR) is 132 cm³/mol. The summed E-state index contributed by atoms with van der Waals surface area (Å²) in [5.74, 6) is -0.622. The average molecular weight is 561 g/mol. The number of benzene rings is 2. The fourth-order valence-corrected chi connectivity index (χ4v) is 7.09. The van der Waals surface area contributed by atoms with Crippen molar-refractivity contribution in [1.29, 1.82) is 0 Å². The van der Waals surface area contributed by atoms with E-state index in [4.69, 9.17) is 14.2 Å². The lowest BCUT2D eigenvalue weighted by atomic mass is 10.1. The average Bonchev–Trinajstić information content (AvgIpc) is 2.88. The third-order valence-corrected chi connectivity index (χ3v) is 9.71. The molecule has 210 valence electrons. The summed E-state index contributed by atoms with van der Waals surface area (Å²) in [6.45, 7) is 1.22. The minimum atomic E-state index is -4.81. The van der Waals surface area contributed by atoms with Crippen molar-refractivity contribution in [3.63, 3.8) is 0 Å². The van der Waals surface area contributed by atoms with Gasteiger partial charge in [-0.2, -0.15) is 17.4 Å². The molecule has 2 aromatic rings. The number of ether oxygens (including phenoxy) is 3. The highest BCUT2D eigenvalue weighted by molar-refractivity contribution is 8.12. The van der Waals surface area contributed by atoms with E-state index in [0.29, 0.717) is 38.9 Å². The van der Waals surface area contributed by atoms with Crippen LogP contribution in [0, 0.1) is 0 Å². The van der Waals surface area contributed by atoms with Crippen molar-refractivity contribution in [2.24, 2.45) is 0 Å². The van der Waals surface area contributed by atoms with Crippen molar-refractivity contribution in [3.8, 4) is 11.5 Å². The Morgan fingerprint density at radius 3 is 2.21 bits per heavy atom. The van der Waals surface area contributed by atoms with Crippen molar-refractivity contribution in [2.75, 3.05) is 32.6 Å². The molecule has 0 aromatic heterocycles. The minimum absolute atomic E-state index is 0.0798. The lowest BCUT2D eigenvalue weighted by molar-refractivity contribution is -0.137. The third kappa shape index (κ3) is 6.12. The van der Waals surface area contributed by atoms with Gasteiger partial charge in [-0.15, -0.1) is 9.53 Å². The number of rotatable bonds is 7. The van der Waals surface area contributed by atoms with Gasteiger partial charge in [-0.1, -0.05) is 6.07 Å².